The molecule has 0 saturated carbocycles. The fourth-order valence-electron chi connectivity index (χ4n) is 2.04. The van der Waals surface area contributed by atoms with Gasteiger partial charge in [-0.25, -0.2) is 0 Å². The summed E-state index contributed by atoms with van der Waals surface area (Å²) in [6, 6.07) is 1.84. The van der Waals surface area contributed by atoms with Gasteiger partial charge >= 0.3 is 0 Å². The van der Waals surface area contributed by atoms with Crippen LogP contribution in [-0.2, 0) is 6.54 Å². The predicted molar refractivity (Wildman–Crippen MR) is 80.3 cm³/mol. The van der Waals surface area contributed by atoms with Gasteiger partial charge in [0.25, 0.3) is 5.91 Å². The molecule has 5 heteroatoms. The molecule has 0 fully saturated rings. The Labute approximate surface area is 123 Å². The van der Waals surface area contributed by atoms with Gasteiger partial charge in [0.05, 0.1) is 5.60 Å². The molecule has 4 nitrogen and oxygen atoms in total. The van der Waals surface area contributed by atoms with Crippen LogP contribution in [0.4, 0.5) is 0 Å². The van der Waals surface area contributed by atoms with Gasteiger partial charge in [-0.2, -0.15) is 0 Å². The van der Waals surface area contributed by atoms with Crippen LogP contribution in [0.3, 0.4) is 0 Å². The number of carbonyl (C=O) groups is 1. The number of carbonyl (C=O) groups excluding carboxylic acids is 1. The molecular formula is C14H23BrN2O2. The molecule has 0 aliphatic heterocycles. The van der Waals surface area contributed by atoms with E-state index in [0.29, 0.717) is 18.8 Å². The lowest BCUT2D eigenvalue weighted by Crippen LogP contribution is -2.42. The van der Waals surface area contributed by atoms with E-state index >= 15 is 0 Å². The molecule has 1 aromatic heterocycles. The zero-order valence-electron chi connectivity index (χ0n) is 12.1. The van der Waals surface area contributed by atoms with E-state index in [4.69, 9.17) is 0 Å². The minimum absolute atomic E-state index is 0.0382. The number of hydrogen-bond acceptors (Lipinski definition) is 2. The zero-order valence-corrected chi connectivity index (χ0v) is 13.7. The van der Waals surface area contributed by atoms with Crippen LogP contribution in [0.15, 0.2) is 16.7 Å². The summed E-state index contributed by atoms with van der Waals surface area (Å²) in [5.74, 6) is -0.0382. The summed E-state index contributed by atoms with van der Waals surface area (Å²) in [6.45, 7) is 9.15. The van der Waals surface area contributed by atoms with Gasteiger partial charge < -0.3 is 14.6 Å². The van der Waals surface area contributed by atoms with Crippen LogP contribution in [0.2, 0.25) is 0 Å². The summed E-state index contributed by atoms with van der Waals surface area (Å²) >= 11 is 3.41. The van der Waals surface area contributed by atoms with Gasteiger partial charge in [0.15, 0.2) is 0 Å². The maximum Gasteiger partial charge on any atom is 0.270 e. The van der Waals surface area contributed by atoms with E-state index in [1.54, 1.807) is 18.7 Å². The summed E-state index contributed by atoms with van der Waals surface area (Å²) < 4.78 is 2.86. The number of likely N-dealkylation sites (N-methyl/N-ethyl adjacent to an activating group) is 1. The maximum atomic E-state index is 12.5. The third kappa shape index (κ3) is 4.66. The number of aliphatic hydroxyl groups is 1. The van der Waals surface area contributed by atoms with Crippen molar-refractivity contribution in [2.24, 2.45) is 0 Å². The monoisotopic (exact) mass is 330 g/mol. The first kappa shape index (κ1) is 16.2. The SMILES string of the molecule is CCCn1cc(Br)cc1C(=O)N(CC)CC(C)(C)O. The zero-order chi connectivity index (χ0) is 14.6. The molecule has 0 unspecified atom stereocenters. The number of nitrogens with zero attached hydrogens (tertiary/aromatic N) is 2. The first-order chi connectivity index (χ1) is 8.78. The van der Waals surface area contributed by atoms with Crippen molar-refractivity contribution < 1.29 is 9.90 Å². The van der Waals surface area contributed by atoms with Crippen molar-refractivity contribution in [1.29, 1.82) is 0 Å². The van der Waals surface area contributed by atoms with Crippen molar-refractivity contribution in [2.75, 3.05) is 13.1 Å². The van der Waals surface area contributed by atoms with E-state index in [9.17, 15) is 9.90 Å². The second-order valence-corrected chi connectivity index (χ2v) is 6.28. The molecule has 0 aromatic carbocycles. The molecular weight excluding hydrogens is 308 g/mol. The highest BCUT2D eigenvalue weighted by Gasteiger charge is 2.24. The van der Waals surface area contributed by atoms with Gasteiger partial charge in [0, 0.05) is 30.3 Å². The van der Waals surface area contributed by atoms with Crippen molar-refractivity contribution in [2.45, 2.75) is 46.3 Å². The lowest BCUT2D eigenvalue weighted by molar-refractivity contribution is 0.0309. The fourth-order valence-corrected chi connectivity index (χ4v) is 2.50. The second-order valence-electron chi connectivity index (χ2n) is 5.37. The average Bonchev–Trinajstić information content (AvgIpc) is 2.65. The van der Waals surface area contributed by atoms with Crippen LogP contribution in [-0.4, -0.2) is 39.2 Å². The summed E-state index contributed by atoms with van der Waals surface area (Å²) in [4.78, 5) is 14.2. The van der Waals surface area contributed by atoms with E-state index in [0.717, 1.165) is 17.4 Å². The largest absolute Gasteiger partial charge is 0.389 e. The highest BCUT2D eigenvalue weighted by atomic mass is 79.9. The number of aromatic nitrogens is 1. The Balaban J connectivity index is 2.97. The van der Waals surface area contributed by atoms with Gasteiger partial charge in [-0.3, -0.25) is 4.79 Å². The number of aryl methyl sites for hydroxylation is 1. The van der Waals surface area contributed by atoms with Gasteiger partial charge in [-0.05, 0) is 49.2 Å². The molecule has 1 amide bonds. The molecule has 0 aliphatic carbocycles. The quantitative estimate of drug-likeness (QED) is 0.871. The Morgan fingerprint density at radius 2 is 2.11 bits per heavy atom. The topological polar surface area (TPSA) is 45.5 Å². The van der Waals surface area contributed by atoms with Crippen LogP contribution in [0, 0.1) is 0 Å². The Hall–Kier alpha value is -0.810. The molecule has 0 saturated heterocycles. The van der Waals surface area contributed by atoms with Crippen molar-refractivity contribution in [3.63, 3.8) is 0 Å². The van der Waals surface area contributed by atoms with E-state index in [2.05, 4.69) is 22.9 Å². The number of halogens is 1. The average molecular weight is 331 g/mol. The van der Waals surface area contributed by atoms with Crippen LogP contribution in [0.5, 0.6) is 0 Å². The van der Waals surface area contributed by atoms with E-state index in [1.807, 2.05) is 23.8 Å². The highest BCUT2D eigenvalue weighted by Crippen LogP contribution is 2.18. The molecule has 1 aromatic rings. The van der Waals surface area contributed by atoms with Crippen molar-refractivity contribution in [3.8, 4) is 0 Å². The Kier molecular flexibility index (Phi) is 5.62. The molecule has 108 valence electrons. The van der Waals surface area contributed by atoms with Crippen LogP contribution in [0.25, 0.3) is 0 Å². The van der Waals surface area contributed by atoms with Gasteiger partial charge in [-0.15, -0.1) is 0 Å². The normalized spacial score (nSPS) is 11.7. The third-order valence-electron chi connectivity index (χ3n) is 2.79. The lowest BCUT2D eigenvalue weighted by atomic mass is 10.1. The predicted octanol–water partition coefficient (Wildman–Crippen LogP) is 2.89. The molecule has 0 spiro atoms. The Bertz CT molecular complexity index is 435. The fraction of sp³-hybridized carbons (Fsp3) is 0.643. The molecule has 0 atom stereocenters. The molecule has 1 rings (SSSR count). The summed E-state index contributed by atoms with van der Waals surface area (Å²) in [5.41, 5.74) is -0.217. The molecule has 0 bridgehead atoms. The van der Waals surface area contributed by atoms with E-state index in [-0.39, 0.29) is 5.91 Å². The van der Waals surface area contributed by atoms with Gasteiger partial charge in [0.2, 0.25) is 0 Å². The molecule has 1 N–H and O–H groups in total. The van der Waals surface area contributed by atoms with Crippen molar-refractivity contribution in [1.82, 2.24) is 9.47 Å². The second kappa shape index (κ2) is 6.57. The van der Waals surface area contributed by atoms with Crippen LogP contribution >= 0.6 is 15.9 Å². The van der Waals surface area contributed by atoms with Gasteiger partial charge in [-0.1, -0.05) is 6.92 Å². The standard InChI is InChI=1S/C14H23BrN2O2/c1-5-7-17-9-11(15)8-12(17)13(18)16(6-2)10-14(3,4)19/h8-9,19H,5-7,10H2,1-4H3. The smallest absolute Gasteiger partial charge is 0.270 e. The van der Waals surface area contributed by atoms with Crippen LogP contribution < -0.4 is 0 Å². The molecule has 0 radical (unpaired) electrons. The summed E-state index contributed by atoms with van der Waals surface area (Å²) in [6.07, 6.45) is 2.90. The highest BCUT2D eigenvalue weighted by molar-refractivity contribution is 9.10. The summed E-state index contributed by atoms with van der Waals surface area (Å²) in [5, 5.41) is 9.88. The number of amides is 1. The summed E-state index contributed by atoms with van der Waals surface area (Å²) in [7, 11) is 0. The molecule has 0 aliphatic rings. The maximum absolute atomic E-state index is 12.5. The third-order valence-corrected chi connectivity index (χ3v) is 3.23. The van der Waals surface area contributed by atoms with Crippen LogP contribution in [0.1, 0.15) is 44.6 Å². The number of rotatable bonds is 6. The van der Waals surface area contributed by atoms with Crippen molar-refractivity contribution >= 4 is 21.8 Å². The number of hydrogen-bond donors (Lipinski definition) is 1. The first-order valence-electron chi connectivity index (χ1n) is 6.65. The lowest BCUT2D eigenvalue weighted by Gasteiger charge is -2.28. The minimum atomic E-state index is -0.884. The Morgan fingerprint density at radius 1 is 1.47 bits per heavy atom. The minimum Gasteiger partial charge on any atom is -0.389 e. The van der Waals surface area contributed by atoms with Gasteiger partial charge in [0.1, 0.15) is 5.69 Å². The first-order valence-corrected chi connectivity index (χ1v) is 7.45. The van der Waals surface area contributed by atoms with E-state index < -0.39 is 5.60 Å². The Morgan fingerprint density at radius 3 is 2.58 bits per heavy atom. The molecule has 1 heterocycles. The van der Waals surface area contributed by atoms with E-state index in [1.165, 1.54) is 0 Å². The van der Waals surface area contributed by atoms with Crippen molar-refractivity contribution in [3.05, 3.63) is 22.4 Å². The molecule has 19 heavy (non-hydrogen) atoms.